The number of thioether (sulfide) groups is 1. The van der Waals surface area contributed by atoms with E-state index in [1.165, 1.54) is 5.56 Å². The monoisotopic (exact) mass is 331 g/mol. The second-order valence-electron chi connectivity index (χ2n) is 6.03. The zero-order valence-corrected chi connectivity index (χ0v) is 15.1. The molecule has 0 aliphatic heterocycles. The van der Waals surface area contributed by atoms with E-state index >= 15 is 0 Å². The third-order valence-corrected chi connectivity index (χ3v) is 4.81. The molecule has 1 atom stereocenters. The lowest BCUT2D eigenvalue weighted by Crippen LogP contribution is -2.24. The minimum Gasteiger partial charge on any atom is -0.305 e. The molecule has 0 saturated carbocycles. The van der Waals surface area contributed by atoms with Crippen molar-refractivity contribution in [2.45, 2.75) is 43.6 Å². The van der Waals surface area contributed by atoms with E-state index in [0.717, 1.165) is 22.8 Å². The normalized spacial score (nSPS) is 12.6. The summed E-state index contributed by atoms with van der Waals surface area (Å²) in [5, 5.41) is 1.15. The van der Waals surface area contributed by atoms with Crippen LogP contribution in [0, 0.1) is 0 Å². The number of nitrogens with zero attached hydrogens (tertiary/aromatic N) is 2. The van der Waals surface area contributed by atoms with Crippen LogP contribution < -0.4 is 5.56 Å². The lowest BCUT2D eigenvalue weighted by Gasteiger charge is -2.15. The van der Waals surface area contributed by atoms with Crippen LogP contribution >= 0.6 is 11.8 Å². The number of nitrogens with one attached hydrogen (secondary N) is 1. The summed E-state index contributed by atoms with van der Waals surface area (Å²) in [6, 6.07) is 10.2. The predicted octanol–water partition coefficient (Wildman–Crippen LogP) is 3.31. The zero-order chi connectivity index (χ0) is 16.8. The topological polar surface area (TPSA) is 49.0 Å². The van der Waals surface area contributed by atoms with E-state index < -0.39 is 0 Å². The second kappa shape index (κ2) is 8.31. The highest BCUT2D eigenvalue weighted by Crippen LogP contribution is 2.22. The molecule has 2 aromatic rings. The number of rotatable bonds is 7. The van der Waals surface area contributed by atoms with Crippen LogP contribution in [0.3, 0.4) is 0 Å². The fourth-order valence-corrected chi connectivity index (χ4v) is 3.13. The Morgan fingerprint density at radius 3 is 2.57 bits per heavy atom. The molecule has 124 valence electrons. The van der Waals surface area contributed by atoms with Crippen molar-refractivity contribution in [1.29, 1.82) is 0 Å². The standard InChI is InChI=1S/C18H25N3OS/c1-5-13(2)23-18-19-16(11-14-9-7-6-8-10-14)15(12-21(3)4)17(22)20-18/h6-10,13H,5,11-12H2,1-4H3,(H,19,20,22). The van der Waals surface area contributed by atoms with Crippen molar-refractivity contribution in [2.75, 3.05) is 14.1 Å². The van der Waals surface area contributed by atoms with E-state index in [2.05, 4.69) is 31.0 Å². The maximum absolute atomic E-state index is 12.5. The zero-order valence-electron chi connectivity index (χ0n) is 14.3. The molecule has 0 aliphatic carbocycles. The summed E-state index contributed by atoms with van der Waals surface area (Å²) in [5.41, 5.74) is 2.78. The van der Waals surface area contributed by atoms with E-state index in [0.29, 0.717) is 18.2 Å². The van der Waals surface area contributed by atoms with Gasteiger partial charge in [-0.3, -0.25) is 4.79 Å². The lowest BCUT2D eigenvalue weighted by atomic mass is 10.1. The van der Waals surface area contributed by atoms with Gasteiger partial charge in [0.1, 0.15) is 0 Å². The molecule has 0 radical (unpaired) electrons. The molecule has 0 fully saturated rings. The van der Waals surface area contributed by atoms with Crippen molar-refractivity contribution in [2.24, 2.45) is 0 Å². The Hall–Kier alpha value is -1.59. The van der Waals surface area contributed by atoms with Gasteiger partial charge >= 0.3 is 0 Å². The molecule has 23 heavy (non-hydrogen) atoms. The molecular formula is C18H25N3OS. The molecule has 0 aliphatic rings. The van der Waals surface area contributed by atoms with Gasteiger partial charge in [0.15, 0.2) is 5.16 Å². The van der Waals surface area contributed by atoms with Gasteiger partial charge in [0.2, 0.25) is 0 Å². The Labute approximate surface area is 142 Å². The largest absolute Gasteiger partial charge is 0.305 e. The molecule has 1 aromatic carbocycles. The number of H-pyrrole nitrogens is 1. The highest BCUT2D eigenvalue weighted by Gasteiger charge is 2.14. The van der Waals surface area contributed by atoms with E-state index in [4.69, 9.17) is 4.98 Å². The maximum Gasteiger partial charge on any atom is 0.256 e. The van der Waals surface area contributed by atoms with Gasteiger partial charge in [0.05, 0.1) is 11.3 Å². The van der Waals surface area contributed by atoms with Crippen molar-refractivity contribution in [1.82, 2.24) is 14.9 Å². The van der Waals surface area contributed by atoms with E-state index in [9.17, 15) is 4.79 Å². The maximum atomic E-state index is 12.5. The summed E-state index contributed by atoms with van der Waals surface area (Å²) in [4.78, 5) is 22.2. The van der Waals surface area contributed by atoms with Gasteiger partial charge in [0, 0.05) is 18.2 Å². The molecule has 0 spiro atoms. The van der Waals surface area contributed by atoms with Crippen LogP contribution in [0.4, 0.5) is 0 Å². The summed E-state index contributed by atoms with van der Waals surface area (Å²) in [5.74, 6) is 0. The molecule has 5 heteroatoms. The first-order valence-corrected chi connectivity index (χ1v) is 8.85. The molecule has 1 unspecified atom stereocenters. The first-order valence-electron chi connectivity index (χ1n) is 7.97. The smallest absolute Gasteiger partial charge is 0.256 e. The summed E-state index contributed by atoms with van der Waals surface area (Å²) in [6.45, 7) is 4.88. The minimum absolute atomic E-state index is 0.0227. The molecular weight excluding hydrogens is 306 g/mol. The van der Waals surface area contributed by atoms with Crippen LogP contribution in [0.15, 0.2) is 40.3 Å². The number of hydrogen-bond donors (Lipinski definition) is 1. The number of aromatic nitrogens is 2. The van der Waals surface area contributed by atoms with Crippen LogP contribution in [0.1, 0.15) is 37.1 Å². The first kappa shape index (κ1) is 17.8. The average molecular weight is 331 g/mol. The van der Waals surface area contributed by atoms with E-state index in [1.807, 2.05) is 37.2 Å². The Kier molecular flexibility index (Phi) is 6.42. The molecule has 0 amide bonds. The molecule has 1 N–H and O–H groups in total. The predicted molar refractivity (Wildman–Crippen MR) is 97.1 cm³/mol. The number of hydrogen-bond acceptors (Lipinski definition) is 4. The second-order valence-corrected chi connectivity index (χ2v) is 7.46. The van der Waals surface area contributed by atoms with Crippen LogP contribution in [0.2, 0.25) is 0 Å². The van der Waals surface area contributed by atoms with Gasteiger partial charge in [-0.1, -0.05) is 55.9 Å². The summed E-state index contributed by atoms with van der Waals surface area (Å²) in [6.07, 6.45) is 1.73. The highest BCUT2D eigenvalue weighted by atomic mass is 32.2. The summed E-state index contributed by atoms with van der Waals surface area (Å²) >= 11 is 1.63. The van der Waals surface area contributed by atoms with Crippen LogP contribution in [-0.4, -0.2) is 34.2 Å². The van der Waals surface area contributed by atoms with Gasteiger partial charge < -0.3 is 9.88 Å². The average Bonchev–Trinajstić information content (AvgIpc) is 2.51. The third-order valence-electron chi connectivity index (χ3n) is 3.66. The van der Waals surface area contributed by atoms with Crippen LogP contribution in [0.25, 0.3) is 0 Å². The Bertz CT molecular complexity index is 682. The summed E-state index contributed by atoms with van der Waals surface area (Å²) < 4.78 is 0. The van der Waals surface area contributed by atoms with Gasteiger partial charge in [-0.15, -0.1) is 0 Å². The van der Waals surface area contributed by atoms with Crippen molar-refractivity contribution < 1.29 is 0 Å². The van der Waals surface area contributed by atoms with Gasteiger partial charge in [-0.05, 0) is 26.1 Å². The van der Waals surface area contributed by atoms with Crippen molar-refractivity contribution >= 4 is 11.8 Å². The minimum atomic E-state index is -0.0227. The number of benzene rings is 1. The fourth-order valence-electron chi connectivity index (χ4n) is 2.27. The Morgan fingerprint density at radius 2 is 1.96 bits per heavy atom. The highest BCUT2D eigenvalue weighted by molar-refractivity contribution is 7.99. The Morgan fingerprint density at radius 1 is 1.26 bits per heavy atom. The Balaban J connectivity index is 2.39. The van der Waals surface area contributed by atoms with Crippen molar-refractivity contribution in [3.05, 3.63) is 57.5 Å². The van der Waals surface area contributed by atoms with Gasteiger partial charge in [-0.25, -0.2) is 4.98 Å². The lowest BCUT2D eigenvalue weighted by molar-refractivity contribution is 0.397. The molecule has 2 rings (SSSR count). The fraction of sp³-hybridized carbons (Fsp3) is 0.444. The molecule has 1 aromatic heterocycles. The third kappa shape index (κ3) is 5.22. The molecule has 0 bridgehead atoms. The van der Waals surface area contributed by atoms with E-state index in [-0.39, 0.29) is 5.56 Å². The van der Waals surface area contributed by atoms with Crippen LogP contribution in [-0.2, 0) is 13.0 Å². The SMILES string of the molecule is CCC(C)Sc1nc(Cc2ccccc2)c(CN(C)C)c(=O)[nH]1. The van der Waals surface area contributed by atoms with Gasteiger partial charge in [-0.2, -0.15) is 0 Å². The van der Waals surface area contributed by atoms with Gasteiger partial charge in [0.25, 0.3) is 5.56 Å². The molecule has 0 saturated heterocycles. The molecule has 4 nitrogen and oxygen atoms in total. The van der Waals surface area contributed by atoms with Crippen molar-refractivity contribution in [3.63, 3.8) is 0 Å². The summed E-state index contributed by atoms with van der Waals surface area (Å²) in [7, 11) is 3.93. The quantitative estimate of drug-likeness (QED) is 0.625. The molecule has 1 heterocycles. The van der Waals surface area contributed by atoms with E-state index in [1.54, 1.807) is 11.8 Å². The van der Waals surface area contributed by atoms with Crippen molar-refractivity contribution in [3.8, 4) is 0 Å². The number of aromatic amines is 1. The first-order chi connectivity index (χ1) is 11.0. The van der Waals surface area contributed by atoms with Crippen LogP contribution in [0.5, 0.6) is 0 Å².